The molecule has 1 fully saturated rings. The second kappa shape index (κ2) is 17.8. The van der Waals surface area contributed by atoms with Gasteiger partial charge in [-0.15, -0.1) is 18.2 Å². The SMILES string of the molecule is C=CCO[C@@]12Oc3ccc(Oc4ccc(C)c(C)c4)cc3[C@H]3[C@H](CCCCO)[C@@H](CCCCO)C=C(C(=NOC)C[C@@H]1N(C)C(=O)OCCCl)[C@H]32. The van der Waals surface area contributed by atoms with Crippen molar-refractivity contribution < 1.29 is 38.8 Å². The minimum absolute atomic E-state index is 0.0591. The third kappa shape index (κ3) is 8.25. The van der Waals surface area contributed by atoms with Crippen LogP contribution in [0.4, 0.5) is 4.79 Å². The van der Waals surface area contributed by atoms with Crippen molar-refractivity contribution in [1.82, 2.24) is 4.90 Å². The molecule has 0 spiro atoms. The molecule has 0 aromatic heterocycles. The van der Waals surface area contributed by atoms with Gasteiger partial charge in [-0.05, 0) is 98.4 Å². The predicted molar refractivity (Wildman–Crippen MR) is 198 cm³/mol. The molecule has 2 aromatic carbocycles. The number of carbonyl (C=O) groups excluding carboxylic acids is 1. The van der Waals surface area contributed by atoms with Crippen molar-refractivity contribution >= 4 is 23.4 Å². The lowest BCUT2D eigenvalue weighted by Gasteiger charge is -2.59. The molecule has 1 aliphatic heterocycles. The van der Waals surface area contributed by atoms with Crippen LogP contribution in [0.15, 0.2) is 65.9 Å². The van der Waals surface area contributed by atoms with Gasteiger partial charge in [0.1, 0.15) is 37.0 Å². The summed E-state index contributed by atoms with van der Waals surface area (Å²) in [7, 11) is 3.21. The third-order valence-electron chi connectivity index (χ3n) is 10.6. The zero-order chi connectivity index (χ0) is 36.5. The topological polar surface area (TPSA) is 119 Å². The molecule has 1 heterocycles. The van der Waals surface area contributed by atoms with E-state index in [0.717, 1.165) is 48.1 Å². The lowest BCUT2D eigenvalue weighted by molar-refractivity contribution is -0.253. The van der Waals surface area contributed by atoms with E-state index in [0.29, 0.717) is 30.1 Å². The maximum Gasteiger partial charge on any atom is 0.410 e. The van der Waals surface area contributed by atoms with E-state index in [4.69, 9.17) is 35.4 Å². The predicted octanol–water partition coefficient (Wildman–Crippen LogP) is 7.67. The maximum atomic E-state index is 13.5. The number of unbranched alkanes of at least 4 members (excludes halogenated alkanes) is 2. The molecule has 3 aliphatic rings. The van der Waals surface area contributed by atoms with Gasteiger partial charge >= 0.3 is 6.09 Å². The molecule has 1 amide bonds. The lowest BCUT2D eigenvalue weighted by atomic mass is 9.55. The molecule has 51 heavy (non-hydrogen) atoms. The summed E-state index contributed by atoms with van der Waals surface area (Å²) in [6.07, 6.45) is 8.49. The number of halogens is 1. The van der Waals surface area contributed by atoms with E-state index in [1.54, 1.807) is 13.1 Å². The van der Waals surface area contributed by atoms with E-state index in [1.165, 1.54) is 17.6 Å². The minimum Gasteiger partial charge on any atom is -0.459 e. The smallest absolute Gasteiger partial charge is 0.410 e. The maximum absolute atomic E-state index is 13.5. The molecule has 1 saturated carbocycles. The number of nitrogens with zero attached hydrogens (tertiary/aromatic N) is 2. The number of aliphatic hydroxyl groups is 2. The first-order chi connectivity index (χ1) is 24.7. The summed E-state index contributed by atoms with van der Waals surface area (Å²) in [6, 6.07) is 11.3. The van der Waals surface area contributed by atoms with E-state index >= 15 is 0 Å². The van der Waals surface area contributed by atoms with Crippen LogP contribution in [0, 0.1) is 31.6 Å². The van der Waals surface area contributed by atoms with Crippen LogP contribution in [0.2, 0.25) is 0 Å². The number of amides is 1. The summed E-state index contributed by atoms with van der Waals surface area (Å²) < 4.78 is 25.9. The molecule has 278 valence electrons. The molecule has 0 radical (unpaired) electrons. The molecule has 0 saturated heterocycles. The Hall–Kier alpha value is -3.57. The van der Waals surface area contributed by atoms with Crippen LogP contribution in [0.1, 0.15) is 67.6 Å². The fourth-order valence-corrected chi connectivity index (χ4v) is 8.25. The molecule has 0 bridgehead atoms. The van der Waals surface area contributed by atoms with Crippen molar-refractivity contribution in [2.75, 3.05) is 46.5 Å². The third-order valence-corrected chi connectivity index (χ3v) is 10.8. The molecular formula is C40H53ClN2O8. The molecule has 0 unspecified atom stereocenters. The fraction of sp³-hybridized carbons (Fsp3) is 0.550. The van der Waals surface area contributed by atoms with Crippen molar-refractivity contribution in [3.05, 3.63) is 77.4 Å². The minimum atomic E-state index is -1.35. The summed E-state index contributed by atoms with van der Waals surface area (Å²) in [4.78, 5) is 20.5. The van der Waals surface area contributed by atoms with Crippen LogP contribution >= 0.6 is 11.6 Å². The molecule has 10 nitrogen and oxygen atoms in total. The highest BCUT2D eigenvalue weighted by Gasteiger charge is 2.65. The van der Waals surface area contributed by atoms with E-state index in [9.17, 15) is 15.0 Å². The number of aliphatic hydroxyl groups excluding tert-OH is 2. The number of carbonyl (C=O) groups is 1. The lowest BCUT2D eigenvalue weighted by Crippen LogP contribution is -2.69. The molecule has 6 atom stereocenters. The van der Waals surface area contributed by atoms with Gasteiger partial charge in [0, 0.05) is 38.2 Å². The highest BCUT2D eigenvalue weighted by molar-refractivity contribution is 6.18. The van der Waals surface area contributed by atoms with Gasteiger partial charge in [0.25, 0.3) is 0 Å². The number of rotatable bonds is 17. The Morgan fingerprint density at radius 1 is 1.08 bits per heavy atom. The Kier molecular flexibility index (Phi) is 13.5. The highest BCUT2D eigenvalue weighted by Crippen LogP contribution is 2.62. The summed E-state index contributed by atoms with van der Waals surface area (Å²) in [5, 5.41) is 24.1. The average Bonchev–Trinajstić information content (AvgIpc) is 3.13. The second-order valence-corrected chi connectivity index (χ2v) is 14.1. The molecular weight excluding hydrogens is 672 g/mol. The molecule has 2 N–H and O–H groups in total. The highest BCUT2D eigenvalue weighted by atomic mass is 35.5. The number of hydrogen-bond acceptors (Lipinski definition) is 9. The fourth-order valence-electron chi connectivity index (χ4n) is 8.17. The molecule has 2 aromatic rings. The van der Waals surface area contributed by atoms with Gasteiger partial charge in [-0.1, -0.05) is 36.2 Å². The first kappa shape index (κ1) is 38.7. The molecule has 2 aliphatic carbocycles. The first-order valence-electron chi connectivity index (χ1n) is 18.0. The zero-order valence-electron chi connectivity index (χ0n) is 30.3. The Morgan fingerprint density at radius 3 is 2.49 bits per heavy atom. The number of oxime groups is 1. The molecule has 11 heteroatoms. The number of ether oxygens (including phenoxy) is 4. The van der Waals surface area contributed by atoms with Crippen LogP contribution in [-0.4, -0.2) is 85.2 Å². The standard InChI is InChI=1S/C40H53ClN2O8/c1-6-20-49-40-36(43(4)39(46)48-21-17-41)25-34(42-47-5)32-23-28(11-7-9-18-44)31(12-8-10-19-45)37(38(32)40)33-24-30(15-16-35(33)51-40)50-29-14-13-26(2)27(3)22-29/h6,13-16,22-24,28,31,36-38,44-45H,1,7-12,17-21,25H2,2-5H3/t28-,31+,36-,37+,38+,40+/m0/s1. The average molecular weight is 725 g/mol. The van der Waals surface area contributed by atoms with E-state index in [-0.39, 0.29) is 56.5 Å². The van der Waals surface area contributed by atoms with Crippen LogP contribution < -0.4 is 9.47 Å². The van der Waals surface area contributed by atoms with E-state index < -0.39 is 23.8 Å². The first-order valence-corrected chi connectivity index (χ1v) is 18.6. The van der Waals surface area contributed by atoms with Crippen LogP contribution in [0.3, 0.4) is 0 Å². The summed E-state index contributed by atoms with van der Waals surface area (Å²) in [5.74, 6) is 0.559. The van der Waals surface area contributed by atoms with Gasteiger partial charge in [-0.2, -0.15) is 0 Å². The van der Waals surface area contributed by atoms with Crippen molar-refractivity contribution in [1.29, 1.82) is 0 Å². The largest absolute Gasteiger partial charge is 0.459 e. The Labute approximate surface area is 307 Å². The Bertz CT molecular complexity index is 1580. The number of hydrogen-bond donors (Lipinski definition) is 2. The number of benzene rings is 2. The zero-order valence-corrected chi connectivity index (χ0v) is 31.1. The monoisotopic (exact) mass is 724 g/mol. The number of likely N-dealkylation sites (N-methyl/N-ethyl adjacent to an activating group) is 1. The van der Waals surface area contributed by atoms with Crippen molar-refractivity contribution in [2.24, 2.45) is 22.9 Å². The van der Waals surface area contributed by atoms with Gasteiger partial charge in [0.05, 0.1) is 24.1 Å². The van der Waals surface area contributed by atoms with Crippen molar-refractivity contribution in [2.45, 2.75) is 76.5 Å². The number of fused-ring (bicyclic) bond motifs is 2. The van der Waals surface area contributed by atoms with Gasteiger partial charge in [-0.25, -0.2) is 4.79 Å². The van der Waals surface area contributed by atoms with Crippen molar-refractivity contribution in [3.8, 4) is 17.2 Å². The summed E-state index contributed by atoms with van der Waals surface area (Å²) in [5.41, 5.74) is 4.98. The van der Waals surface area contributed by atoms with E-state index in [2.05, 4.69) is 43.8 Å². The van der Waals surface area contributed by atoms with Crippen molar-refractivity contribution in [3.63, 3.8) is 0 Å². The Balaban J connectivity index is 1.73. The van der Waals surface area contributed by atoms with Crippen LogP contribution in [0.5, 0.6) is 17.2 Å². The summed E-state index contributed by atoms with van der Waals surface area (Å²) in [6.45, 7) is 8.56. The van der Waals surface area contributed by atoms with Crippen LogP contribution in [-0.2, 0) is 14.3 Å². The van der Waals surface area contributed by atoms with Gasteiger partial charge in [-0.3, -0.25) is 0 Å². The Morgan fingerprint density at radius 2 is 1.80 bits per heavy atom. The van der Waals surface area contributed by atoms with Gasteiger partial charge in [0.15, 0.2) is 0 Å². The normalized spacial score (nSPS) is 25.6. The van der Waals surface area contributed by atoms with Crippen LogP contribution in [0.25, 0.3) is 0 Å². The molecule has 5 rings (SSSR count). The second-order valence-electron chi connectivity index (χ2n) is 13.7. The number of alkyl halides is 1. The van der Waals surface area contributed by atoms with Gasteiger partial charge in [0.2, 0.25) is 5.79 Å². The quantitative estimate of drug-likeness (QED) is 0.0739. The number of allylic oxidation sites excluding steroid dienone is 1. The van der Waals surface area contributed by atoms with Gasteiger partial charge < -0.3 is 38.9 Å². The summed E-state index contributed by atoms with van der Waals surface area (Å²) >= 11 is 5.89. The van der Waals surface area contributed by atoms with E-state index in [1.807, 2.05) is 24.3 Å². The number of aryl methyl sites for hydroxylation is 2.